The first kappa shape index (κ1) is 7.81. The van der Waals surface area contributed by atoms with Gasteiger partial charge in [-0.1, -0.05) is 37.1 Å². The predicted molar refractivity (Wildman–Crippen MR) is 52.4 cm³/mol. The molecule has 4 unspecified atom stereocenters. The summed E-state index contributed by atoms with van der Waals surface area (Å²) in [5.41, 5.74) is 0. The molecular formula is C12H16O. The van der Waals surface area contributed by atoms with Gasteiger partial charge in [0.1, 0.15) is 0 Å². The lowest BCUT2D eigenvalue weighted by Gasteiger charge is -2.26. The van der Waals surface area contributed by atoms with Gasteiger partial charge < -0.3 is 4.74 Å². The Morgan fingerprint density at radius 3 is 2.85 bits per heavy atom. The topological polar surface area (TPSA) is 9.23 Å². The molecule has 1 heteroatoms. The van der Waals surface area contributed by atoms with Crippen LogP contribution in [-0.4, -0.2) is 12.2 Å². The standard InChI is InChI=1S/C12H16O/c1-3-7-11-9(5-1)10-6-2-4-8-12(10)13-11/h1,3,5,7,9-12H,2,4,6,8H2. The first-order valence-corrected chi connectivity index (χ1v) is 5.45. The molecule has 1 nitrogen and oxygen atoms in total. The molecule has 0 aromatic carbocycles. The zero-order chi connectivity index (χ0) is 8.67. The summed E-state index contributed by atoms with van der Waals surface area (Å²) >= 11 is 0. The van der Waals surface area contributed by atoms with Crippen LogP contribution in [0.25, 0.3) is 0 Å². The van der Waals surface area contributed by atoms with Gasteiger partial charge in [-0.3, -0.25) is 0 Å². The van der Waals surface area contributed by atoms with E-state index < -0.39 is 0 Å². The van der Waals surface area contributed by atoms with Crippen LogP contribution in [0.5, 0.6) is 0 Å². The molecule has 4 atom stereocenters. The lowest BCUT2D eigenvalue weighted by atomic mass is 9.77. The number of allylic oxidation sites excluding steroid dienone is 2. The van der Waals surface area contributed by atoms with Crippen LogP contribution < -0.4 is 0 Å². The maximum atomic E-state index is 6.03. The van der Waals surface area contributed by atoms with E-state index in [0.29, 0.717) is 18.1 Å². The molecule has 1 saturated heterocycles. The molecule has 3 rings (SSSR count). The predicted octanol–water partition coefficient (Wildman–Crippen LogP) is 2.69. The first-order valence-electron chi connectivity index (χ1n) is 5.45. The van der Waals surface area contributed by atoms with Crippen LogP contribution in [0.3, 0.4) is 0 Å². The average Bonchev–Trinajstić information content (AvgIpc) is 2.56. The van der Waals surface area contributed by atoms with Gasteiger partial charge in [0, 0.05) is 5.92 Å². The van der Waals surface area contributed by atoms with Crippen LogP contribution in [0.4, 0.5) is 0 Å². The molecule has 3 aliphatic rings. The van der Waals surface area contributed by atoms with Gasteiger partial charge in [-0.15, -0.1) is 0 Å². The molecule has 70 valence electrons. The molecule has 2 fully saturated rings. The lowest BCUT2D eigenvalue weighted by Crippen LogP contribution is -2.24. The molecule has 1 heterocycles. The summed E-state index contributed by atoms with van der Waals surface area (Å²) in [5, 5.41) is 0. The number of rotatable bonds is 0. The molecule has 0 spiro atoms. The monoisotopic (exact) mass is 176 g/mol. The Balaban J connectivity index is 1.85. The van der Waals surface area contributed by atoms with Crippen molar-refractivity contribution in [3.05, 3.63) is 24.3 Å². The minimum atomic E-state index is 0.401. The highest BCUT2D eigenvalue weighted by atomic mass is 16.5. The SMILES string of the molecule is C1=CC2OC3CCCCC3C2C=C1. The van der Waals surface area contributed by atoms with Gasteiger partial charge in [0.15, 0.2) is 0 Å². The maximum Gasteiger partial charge on any atom is 0.0829 e. The van der Waals surface area contributed by atoms with Crippen molar-refractivity contribution < 1.29 is 4.74 Å². The number of fused-ring (bicyclic) bond motifs is 3. The van der Waals surface area contributed by atoms with Crippen molar-refractivity contribution in [3.63, 3.8) is 0 Å². The van der Waals surface area contributed by atoms with Crippen molar-refractivity contribution in [1.82, 2.24) is 0 Å². The highest BCUT2D eigenvalue weighted by Gasteiger charge is 2.42. The highest BCUT2D eigenvalue weighted by Crippen LogP contribution is 2.43. The third-order valence-electron chi connectivity index (χ3n) is 3.70. The fraction of sp³-hybridized carbons (Fsp3) is 0.667. The fourth-order valence-electron chi connectivity index (χ4n) is 3.06. The molecule has 1 saturated carbocycles. The van der Waals surface area contributed by atoms with E-state index in [9.17, 15) is 0 Å². The summed E-state index contributed by atoms with van der Waals surface area (Å²) in [6, 6.07) is 0. The number of ether oxygens (including phenoxy) is 1. The molecule has 0 bridgehead atoms. The van der Waals surface area contributed by atoms with Crippen molar-refractivity contribution in [2.45, 2.75) is 37.9 Å². The third-order valence-corrected chi connectivity index (χ3v) is 3.70. The Labute approximate surface area is 79.5 Å². The molecule has 0 amide bonds. The Kier molecular flexibility index (Phi) is 1.79. The van der Waals surface area contributed by atoms with E-state index >= 15 is 0 Å². The van der Waals surface area contributed by atoms with E-state index in [4.69, 9.17) is 4.74 Å². The molecule has 13 heavy (non-hydrogen) atoms. The van der Waals surface area contributed by atoms with Crippen molar-refractivity contribution in [1.29, 1.82) is 0 Å². The minimum Gasteiger partial charge on any atom is -0.370 e. The van der Waals surface area contributed by atoms with Gasteiger partial charge in [0.25, 0.3) is 0 Å². The molecule has 0 aromatic heterocycles. The van der Waals surface area contributed by atoms with Crippen molar-refractivity contribution >= 4 is 0 Å². The van der Waals surface area contributed by atoms with E-state index in [0.717, 1.165) is 5.92 Å². The third kappa shape index (κ3) is 1.18. The van der Waals surface area contributed by atoms with E-state index in [1.54, 1.807) is 0 Å². The van der Waals surface area contributed by atoms with Crippen LogP contribution in [0.1, 0.15) is 25.7 Å². The average molecular weight is 176 g/mol. The second-order valence-electron chi connectivity index (χ2n) is 4.43. The van der Waals surface area contributed by atoms with E-state index in [1.165, 1.54) is 25.7 Å². The minimum absolute atomic E-state index is 0.401. The Bertz CT molecular complexity index is 254. The molecule has 0 N–H and O–H groups in total. The smallest absolute Gasteiger partial charge is 0.0829 e. The summed E-state index contributed by atoms with van der Waals surface area (Å²) in [6.07, 6.45) is 15.3. The van der Waals surface area contributed by atoms with Crippen molar-refractivity contribution in [2.24, 2.45) is 11.8 Å². The molecule has 2 aliphatic carbocycles. The summed E-state index contributed by atoms with van der Waals surface area (Å²) in [5.74, 6) is 1.51. The molecular weight excluding hydrogens is 160 g/mol. The van der Waals surface area contributed by atoms with Crippen LogP contribution in [0, 0.1) is 11.8 Å². The van der Waals surface area contributed by atoms with Gasteiger partial charge in [0.2, 0.25) is 0 Å². The summed E-state index contributed by atoms with van der Waals surface area (Å²) in [4.78, 5) is 0. The second kappa shape index (κ2) is 2.98. The van der Waals surface area contributed by atoms with Crippen LogP contribution >= 0.6 is 0 Å². The van der Waals surface area contributed by atoms with E-state index in [-0.39, 0.29) is 0 Å². The van der Waals surface area contributed by atoms with Gasteiger partial charge in [-0.05, 0) is 18.8 Å². The summed E-state index contributed by atoms with van der Waals surface area (Å²) in [6.45, 7) is 0. The molecule has 0 aromatic rings. The lowest BCUT2D eigenvalue weighted by molar-refractivity contribution is 0.0375. The largest absolute Gasteiger partial charge is 0.370 e. The van der Waals surface area contributed by atoms with Crippen LogP contribution in [-0.2, 0) is 4.74 Å². The zero-order valence-electron chi connectivity index (χ0n) is 7.86. The number of hydrogen-bond acceptors (Lipinski definition) is 1. The number of hydrogen-bond donors (Lipinski definition) is 0. The summed E-state index contributed by atoms with van der Waals surface area (Å²) < 4.78 is 6.03. The fourth-order valence-corrected chi connectivity index (χ4v) is 3.06. The zero-order valence-corrected chi connectivity index (χ0v) is 7.86. The van der Waals surface area contributed by atoms with E-state index in [1.807, 2.05) is 0 Å². The van der Waals surface area contributed by atoms with Gasteiger partial charge in [-0.25, -0.2) is 0 Å². The molecule has 1 aliphatic heterocycles. The Morgan fingerprint density at radius 2 is 1.85 bits per heavy atom. The maximum absolute atomic E-state index is 6.03. The van der Waals surface area contributed by atoms with Crippen molar-refractivity contribution in [3.8, 4) is 0 Å². The highest BCUT2D eigenvalue weighted by molar-refractivity contribution is 5.19. The second-order valence-corrected chi connectivity index (χ2v) is 4.43. The first-order chi connectivity index (χ1) is 6.45. The normalized spacial score (nSPS) is 47.4. The van der Waals surface area contributed by atoms with Gasteiger partial charge >= 0.3 is 0 Å². The van der Waals surface area contributed by atoms with Crippen molar-refractivity contribution in [2.75, 3.05) is 0 Å². The summed E-state index contributed by atoms with van der Waals surface area (Å²) in [7, 11) is 0. The Morgan fingerprint density at radius 1 is 1.00 bits per heavy atom. The van der Waals surface area contributed by atoms with E-state index in [2.05, 4.69) is 24.3 Å². The molecule has 0 radical (unpaired) electrons. The van der Waals surface area contributed by atoms with Gasteiger partial charge in [-0.2, -0.15) is 0 Å². The van der Waals surface area contributed by atoms with Crippen LogP contribution in [0.2, 0.25) is 0 Å². The van der Waals surface area contributed by atoms with Gasteiger partial charge in [0.05, 0.1) is 12.2 Å². The quantitative estimate of drug-likeness (QED) is 0.551. The van der Waals surface area contributed by atoms with Crippen LogP contribution in [0.15, 0.2) is 24.3 Å². The Hall–Kier alpha value is -0.560.